The summed E-state index contributed by atoms with van der Waals surface area (Å²) in [4.78, 5) is 39.0. The third kappa shape index (κ3) is 5.89. The Morgan fingerprint density at radius 2 is 1.62 bits per heavy atom. The Kier molecular flexibility index (Phi) is 8.85. The number of carbonyl (C=O) groups is 3. The third-order valence-corrected chi connectivity index (χ3v) is 7.24. The minimum absolute atomic E-state index is 0.0392. The van der Waals surface area contributed by atoms with Crippen molar-refractivity contribution in [3.63, 3.8) is 0 Å². The number of nitrogens with zero attached hydrogens (tertiary/aromatic N) is 2. The molecule has 192 valence electrons. The first-order valence-corrected chi connectivity index (χ1v) is 12.8. The summed E-state index contributed by atoms with van der Waals surface area (Å²) in [7, 11) is 0. The Labute approximate surface area is 220 Å². The quantitative estimate of drug-likeness (QED) is 0.200. The van der Waals surface area contributed by atoms with Gasteiger partial charge in [-0.15, -0.1) is 11.3 Å². The Morgan fingerprint density at radius 3 is 2.22 bits per heavy atom. The van der Waals surface area contributed by atoms with E-state index < -0.39 is 17.7 Å². The molecule has 3 rings (SSSR count). The number of rotatable bonds is 9. The molecule has 2 heterocycles. The average molecular weight is 519 g/mol. The van der Waals surface area contributed by atoms with Gasteiger partial charge in [-0.3, -0.25) is 4.79 Å². The van der Waals surface area contributed by atoms with E-state index in [1.165, 1.54) is 0 Å². The number of carbonyl (C=O) groups excluding carboxylic acids is 3. The highest BCUT2D eigenvalue weighted by Gasteiger charge is 2.28. The molecule has 8 heteroatoms. The number of allylic oxidation sites excluding steroid dienone is 1. The predicted octanol–water partition coefficient (Wildman–Crippen LogP) is 5.84. The third-order valence-electron chi connectivity index (χ3n) is 5.96. The van der Waals surface area contributed by atoms with E-state index in [-0.39, 0.29) is 35.6 Å². The number of aromatic nitrogens is 1. The molecule has 0 fully saturated rings. The van der Waals surface area contributed by atoms with Gasteiger partial charge in [0.2, 0.25) is 0 Å². The smallest absolute Gasteiger partial charge is 0.348 e. The van der Waals surface area contributed by atoms with Crippen LogP contribution in [0.2, 0.25) is 0 Å². The van der Waals surface area contributed by atoms with Crippen molar-refractivity contribution >= 4 is 35.1 Å². The maximum atomic E-state index is 13.2. The molecule has 0 N–H and O–H groups in total. The minimum atomic E-state index is -0.612. The van der Waals surface area contributed by atoms with Gasteiger partial charge in [0, 0.05) is 28.4 Å². The number of esters is 2. The van der Waals surface area contributed by atoms with Crippen molar-refractivity contribution in [2.45, 2.75) is 48.0 Å². The van der Waals surface area contributed by atoms with E-state index in [0.29, 0.717) is 10.4 Å². The first-order chi connectivity index (χ1) is 17.6. The second kappa shape index (κ2) is 11.8. The van der Waals surface area contributed by atoms with Crippen molar-refractivity contribution in [1.82, 2.24) is 4.57 Å². The zero-order valence-corrected chi connectivity index (χ0v) is 22.7. The Bertz CT molecular complexity index is 1420. The molecular weight excluding hydrogens is 488 g/mol. The molecule has 0 saturated heterocycles. The molecule has 37 heavy (non-hydrogen) atoms. The molecular formula is C29H30N2O5S. The second-order valence-electron chi connectivity index (χ2n) is 8.56. The molecule has 0 aliphatic carbocycles. The van der Waals surface area contributed by atoms with Crippen LogP contribution in [0.15, 0.2) is 35.9 Å². The summed E-state index contributed by atoms with van der Waals surface area (Å²) in [5.41, 5.74) is 5.31. The summed E-state index contributed by atoms with van der Waals surface area (Å²) in [5, 5.41) is 9.82. The lowest BCUT2D eigenvalue weighted by Gasteiger charge is -2.10. The highest BCUT2D eigenvalue weighted by atomic mass is 32.1. The number of aryl methyl sites for hydroxylation is 2. The number of nitriles is 1. The minimum Gasteiger partial charge on any atom is -0.462 e. The van der Waals surface area contributed by atoms with E-state index in [1.54, 1.807) is 26.8 Å². The highest BCUT2D eigenvalue weighted by molar-refractivity contribution is 7.14. The van der Waals surface area contributed by atoms with Crippen LogP contribution < -0.4 is 0 Å². The van der Waals surface area contributed by atoms with Crippen molar-refractivity contribution < 1.29 is 23.9 Å². The average Bonchev–Trinajstić information content (AvgIpc) is 3.33. The maximum Gasteiger partial charge on any atom is 0.348 e. The summed E-state index contributed by atoms with van der Waals surface area (Å²) in [6.45, 7) is 11.3. The van der Waals surface area contributed by atoms with Crippen molar-refractivity contribution in [3.05, 3.63) is 79.3 Å². The summed E-state index contributed by atoms with van der Waals surface area (Å²) in [5.74, 6) is -1.63. The molecule has 0 aliphatic heterocycles. The van der Waals surface area contributed by atoms with Crippen LogP contribution in [0.25, 0.3) is 11.8 Å². The van der Waals surface area contributed by atoms with Gasteiger partial charge in [0.1, 0.15) is 10.9 Å². The van der Waals surface area contributed by atoms with E-state index >= 15 is 0 Å². The molecule has 3 aromatic rings. The molecule has 7 nitrogen and oxygen atoms in total. The van der Waals surface area contributed by atoms with Crippen molar-refractivity contribution in [2.75, 3.05) is 13.2 Å². The van der Waals surface area contributed by atoms with Gasteiger partial charge in [-0.1, -0.05) is 17.7 Å². The van der Waals surface area contributed by atoms with E-state index in [4.69, 9.17) is 9.47 Å². The summed E-state index contributed by atoms with van der Waals surface area (Å²) in [6, 6.07) is 12.0. The number of thiophene rings is 1. The standard InChI is InChI=1S/C29H30N2O5S/c1-7-35-28(33)26-19(5)27(29(34)36-8-2)37-25(26)15-24(32)22(16-30)14-21-13-18(4)31(20(21)6)23-11-9-17(3)10-12-23/h9-14H,7-8,15H2,1-6H3/b22-14+. The van der Waals surface area contributed by atoms with E-state index in [1.807, 2.05) is 57.2 Å². The molecule has 0 aliphatic rings. The van der Waals surface area contributed by atoms with Crippen LogP contribution in [-0.4, -0.2) is 35.5 Å². The number of hydrogen-bond acceptors (Lipinski definition) is 7. The number of Topliss-reactive ketones (excluding diaryl/α,β-unsaturated/α-hetero) is 1. The number of ether oxygens (including phenoxy) is 2. The Hall–Kier alpha value is -3.96. The van der Waals surface area contributed by atoms with Gasteiger partial charge in [-0.05, 0) is 76.9 Å². The van der Waals surface area contributed by atoms with Crippen LogP contribution in [0.4, 0.5) is 0 Å². The molecule has 0 spiro atoms. The Morgan fingerprint density at radius 1 is 1.00 bits per heavy atom. The fraction of sp³-hybridized carbons (Fsp3) is 0.310. The van der Waals surface area contributed by atoms with E-state index in [9.17, 15) is 19.6 Å². The van der Waals surface area contributed by atoms with Crippen molar-refractivity contribution in [2.24, 2.45) is 0 Å². The van der Waals surface area contributed by atoms with Gasteiger partial charge in [0.25, 0.3) is 0 Å². The van der Waals surface area contributed by atoms with Gasteiger partial charge < -0.3 is 14.0 Å². The first kappa shape index (κ1) is 27.6. The van der Waals surface area contributed by atoms with Crippen molar-refractivity contribution in [3.8, 4) is 11.8 Å². The van der Waals surface area contributed by atoms with Crippen molar-refractivity contribution in [1.29, 1.82) is 5.26 Å². The fourth-order valence-corrected chi connectivity index (χ4v) is 5.34. The number of benzene rings is 1. The molecule has 0 saturated carbocycles. The van der Waals surface area contributed by atoms with Gasteiger partial charge in [0.15, 0.2) is 5.78 Å². The fourth-order valence-electron chi connectivity index (χ4n) is 4.16. The van der Waals surface area contributed by atoms with Crippen LogP contribution in [0.5, 0.6) is 0 Å². The summed E-state index contributed by atoms with van der Waals surface area (Å²) in [6.07, 6.45) is 1.36. The normalized spacial score (nSPS) is 11.2. The first-order valence-electron chi connectivity index (χ1n) is 12.0. The largest absolute Gasteiger partial charge is 0.462 e. The van der Waals surface area contributed by atoms with Gasteiger partial charge in [-0.2, -0.15) is 5.26 Å². The van der Waals surface area contributed by atoms with Crippen LogP contribution in [-0.2, 0) is 20.7 Å². The molecule has 0 amide bonds. The lowest BCUT2D eigenvalue weighted by atomic mass is 10.0. The number of hydrogen-bond donors (Lipinski definition) is 0. The number of ketones is 1. The molecule has 0 bridgehead atoms. The topological polar surface area (TPSA) is 98.4 Å². The summed E-state index contributed by atoms with van der Waals surface area (Å²) >= 11 is 1.02. The van der Waals surface area contributed by atoms with Gasteiger partial charge >= 0.3 is 11.9 Å². The molecule has 1 aromatic carbocycles. The van der Waals surface area contributed by atoms with Crippen LogP contribution in [0.3, 0.4) is 0 Å². The van der Waals surface area contributed by atoms with Crippen LogP contribution in [0.1, 0.15) is 66.8 Å². The Balaban J connectivity index is 1.98. The lowest BCUT2D eigenvalue weighted by molar-refractivity contribution is -0.114. The molecule has 0 radical (unpaired) electrons. The monoisotopic (exact) mass is 518 g/mol. The summed E-state index contributed by atoms with van der Waals surface area (Å²) < 4.78 is 12.3. The molecule has 0 atom stereocenters. The molecule has 0 unspecified atom stereocenters. The van der Waals surface area contributed by atoms with Crippen LogP contribution >= 0.6 is 11.3 Å². The van der Waals surface area contributed by atoms with E-state index in [2.05, 4.69) is 4.57 Å². The zero-order chi connectivity index (χ0) is 27.3. The lowest BCUT2D eigenvalue weighted by Crippen LogP contribution is -2.12. The maximum absolute atomic E-state index is 13.2. The SMILES string of the molecule is CCOC(=O)c1sc(CC(=O)/C(C#N)=C/c2cc(C)n(-c3ccc(C)cc3)c2C)c(C(=O)OCC)c1C. The predicted molar refractivity (Wildman–Crippen MR) is 143 cm³/mol. The van der Waals surface area contributed by atoms with Crippen LogP contribution in [0, 0.1) is 39.0 Å². The van der Waals surface area contributed by atoms with Gasteiger partial charge in [0.05, 0.1) is 24.4 Å². The highest BCUT2D eigenvalue weighted by Crippen LogP contribution is 2.31. The van der Waals surface area contributed by atoms with Gasteiger partial charge in [-0.25, -0.2) is 9.59 Å². The molecule has 2 aromatic heterocycles. The zero-order valence-electron chi connectivity index (χ0n) is 21.9. The van der Waals surface area contributed by atoms with E-state index in [0.717, 1.165) is 39.5 Å². The second-order valence-corrected chi connectivity index (χ2v) is 9.67.